The molecule has 0 fully saturated rings. The molecule has 1 aromatic rings. The molecule has 2 rings (SSSR count). The summed E-state index contributed by atoms with van der Waals surface area (Å²) in [5.74, 6) is -0.150. The molecule has 0 aliphatic heterocycles. The lowest BCUT2D eigenvalue weighted by molar-refractivity contribution is -0.111. The van der Waals surface area contributed by atoms with Crippen molar-refractivity contribution in [3.8, 4) is 0 Å². The highest BCUT2D eigenvalue weighted by atomic mass is 35.5. The second-order valence-corrected chi connectivity index (χ2v) is 6.01. The molecule has 0 atom stereocenters. The Morgan fingerprint density at radius 2 is 1.74 bits per heavy atom. The third-order valence-corrected chi connectivity index (χ3v) is 4.07. The summed E-state index contributed by atoms with van der Waals surface area (Å²) in [5.41, 5.74) is 0.680. The summed E-state index contributed by atoms with van der Waals surface area (Å²) >= 11 is 5.70. The van der Waals surface area contributed by atoms with Gasteiger partial charge in [0.2, 0.25) is 0 Å². The first-order valence-electron chi connectivity index (χ1n) is 5.40. The van der Waals surface area contributed by atoms with Crippen molar-refractivity contribution < 1.29 is 13.2 Å². The molecule has 0 unspecified atom stereocenters. The van der Waals surface area contributed by atoms with E-state index >= 15 is 0 Å². The van der Waals surface area contributed by atoms with Crippen LogP contribution < -0.4 is 0 Å². The zero-order chi connectivity index (χ0) is 14.0. The molecule has 98 valence electrons. The van der Waals surface area contributed by atoms with Crippen LogP contribution in [0.2, 0.25) is 5.02 Å². The Labute approximate surface area is 116 Å². The van der Waals surface area contributed by atoms with Crippen LogP contribution in [0.15, 0.2) is 57.4 Å². The Morgan fingerprint density at radius 1 is 1.11 bits per heavy atom. The van der Waals surface area contributed by atoms with Gasteiger partial charge in [0.1, 0.15) is 0 Å². The normalized spacial score (nSPS) is 17.7. The third kappa shape index (κ3) is 3.19. The number of hydrogen-bond donors (Lipinski definition) is 0. The predicted molar refractivity (Wildman–Crippen MR) is 74.0 cm³/mol. The van der Waals surface area contributed by atoms with Crippen molar-refractivity contribution in [1.29, 1.82) is 0 Å². The molecule has 1 aromatic carbocycles. The molecule has 6 heteroatoms. The lowest BCUT2D eigenvalue weighted by Gasteiger charge is -2.04. The van der Waals surface area contributed by atoms with Crippen LogP contribution in [0, 0.1) is 0 Å². The number of rotatable bonds is 2. The highest BCUT2D eigenvalue weighted by Gasteiger charge is 2.15. The Morgan fingerprint density at radius 3 is 2.32 bits per heavy atom. The van der Waals surface area contributed by atoms with Crippen molar-refractivity contribution >= 4 is 33.1 Å². The van der Waals surface area contributed by atoms with Crippen LogP contribution in [0.1, 0.15) is 6.92 Å². The van der Waals surface area contributed by atoms with Gasteiger partial charge in [-0.2, -0.15) is 12.8 Å². The van der Waals surface area contributed by atoms with Gasteiger partial charge in [-0.25, -0.2) is 0 Å². The van der Waals surface area contributed by atoms with Crippen molar-refractivity contribution in [1.82, 2.24) is 0 Å². The highest BCUT2D eigenvalue weighted by molar-refractivity contribution is 7.90. The van der Waals surface area contributed by atoms with E-state index in [-0.39, 0.29) is 16.4 Å². The third-order valence-electron chi connectivity index (χ3n) is 2.50. The summed E-state index contributed by atoms with van der Waals surface area (Å²) in [7, 11) is -3.80. The highest BCUT2D eigenvalue weighted by Crippen LogP contribution is 2.17. The van der Waals surface area contributed by atoms with Crippen molar-refractivity contribution in [3.05, 3.63) is 53.1 Å². The molecule has 0 aromatic heterocycles. The number of benzene rings is 1. The van der Waals surface area contributed by atoms with Gasteiger partial charge < -0.3 is 0 Å². The number of sulfonamides is 1. The molecule has 4 nitrogen and oxygen atoms in total. The minimum absolute atomic E-state index is 0.0563. The summed E-state index contributed by atoms with van der Waals surface area (Å²) in [6, 6.07) is 5.73. The number of halogens is 1. The first-order chi connectivity index (χ1) is 8.88. The lowest BCUT2D eigenvalue weighted by atomic mass is 10.1. The van der Waals surface area contributed by atoms with Gasteiger partial charge in [0, 0.05) is 5.02 Å². The van der Waals surface area contributed by atoms with E-state index in [0.29, 0.717) is 10.6 Å². The molecule has 1 aliphatic carbocycles. The standard InChI is InChI=1S/C13H10ClNO3S/c1-9-8-11(4-7-13(9)16)15-19(17,18)12-5-2-10(14)3-6-12/h2-8H,1H3/b15-11+. The fraction of sp³-hybridized carbons (Fsp3) is 0.0769. The molecule has 0 N–H and O–H groups in total. The quantitative estimate of drug-likeness (QED) is 0.788. The molecule has 0 radical (unpaired) electrons. The number of ketones is 1. The van der Waals surface area contributed by atoms with E-state index in [2.05, 4.69) is 4.40 Å². The number of nitrogens with zero attached hydrogens (tertiary/aromatic N) is 1. The number of carbonyl (C=O) groups is 1. The summed E-state index contributed by atoms with van der Waals surface area (Å²) in [6.07, 6.45) is 4.12. The summed E-state index contributed by atoms with van der Waals surface area (Å²) < 4.78 is 27.7. The van der Waals surface area contributed by atoms with Crippen molar-refractivity contribution in [2.75, 3.05) is 0 Å². The molecule has 19 heavy (non-hydrogen) atoms. The molecule has 1 aliphatic rings. The van der Waals surface area contributed by atoms with Crippen LogP contribution in [0.5, 0.6) is 0 Å². The molecule has 0 heterocycles. The van der Waals surface area contributed by atoms with Gasteiger partial charge in [0.15, 0.2) is 5.78 Å². The van der Waals surface area contributed by atoms with Gasteiger partial charge in [-0.1, -0.05) is 11.6 Å². The first kappa shape index (κ1) is 13.7. The van der Waals surface area contributed by atoms with Crippen LogP contribution in [0.25, 0.3) is 0 Å². The number of carbonyl (C=O) groups excluding carboxylic acids is 1. The van der Waals surface area contributed by atoms with Crippen LogP contribution >= 0.6 is 11.6 Å². The monoisotopic (exact) mass is 295 g/mol. The maximum Gasteiger partial charge on any atom is 0.282 e. The van der Waals surface area contributed by atoms with E-state index in [1.54, 1.807) is 6.92 Å². The van der Waals surface area contributed by atoms with E-state index in [9.17, 15) is 13.2 Å². The van der Waals surface area contributed by atoms with Crippen LogP contribution in [-0.4, -0.2) is 19.9 Å². The van der Waals surface area contributed by atoms with E-state index in [1.807, 2.05) is 0 Å². The largest absolute Gasteiger partial charge is 0.290 e. The Hall–Kier alpha value is -1.72. The summed E-state index contributed by atoms with van der Waals surface area (Å²) in [4.78, 5) is 11.3. The lowest BCUT2D eigenvalue weighted by Crippen LogP contribution is -2.08. The Bertz CT molecular complexity index is 713. The fourth-order valence-electron chi connectivity index (χ4n) is 1.49. The molecule has 0 spiro atoms. The molecule has 0 amide bonds. The minimum atomic E-state index is -3.80. The second-order valence-electron chi connectivity index (χ2n) is 3.97. The minimum Gasteiger partial charge on any atom is -0.290 e. The topological polar surface area (TPSA) is 63.6 Å². The summed E-state index contributed by atoms with van der Waals surface area (Å²) in [5, 5.41) is 0.450. The average molecular weight is 296 g/mol. The maximum atomic E-state index is 12.0. The zero-order valence-corrected chi connectivity index (χ0v) is 11.6. The molecule has 0 saturated heterocycles. The number of hydrogen-bond acceptors (Lipinski definition) is 3. The summed E-state index contributed by atoms with van der Waals surface area (Å²) in [6.45, 7) is 1.61. The van der Waals surface area contributed by atoms with Crippen LogP contribution in [-0.2, 0) is 14.8 Å². The predicted octanol–water partition coefficient (Wildman–Crippen LogP) is 2.55. The number of allylic oxidation sites excluding steroid dienone is 4. The van der Waals surface area contributed by atoms with Gasteiger partial charge in [-0.3, -0.25) is 4.79 Å². The van der Waals surface area contributed by atoms with Gasteiger partial charge in [-0.05, 0) is 55.0 Å². The van der Waals surface area contributed by atoms with E-state index in [1.165, 1.54) is 42.5 Å². The first-order valence-corrected chi connectivity index (χ1v) is 7.21. The fourth-order valence-corrected chi connectivity index (χ4v) is 2.59. The van der Waals surface area contributed by atoms with Crippen molar-refractivity contribution in [3.63, 3.8) is 0 Å². The van der Waals surface area contributed by atoms with Gasteiger partial charge >= 0.3 is 0 Å². The van der Waals surface area contributed by atoms with E-state index in [0.717, 1.165) is 0 Å². The van der Waals surface area contributed by atoms with Crippen LogP contribution in [0.4, 0.5) is 0 Å². The smallest absolute Gasteiger partial charge is 0.282 e. The second kappa shape index (κ2) is 5.11. The Balaban J connectivity index is 2.40. The molecular weight excluding hydrogens is 286 g/mol. The molecular formula is C13H10ClNO3S. The van der Waals surface area contributed by atoms with Crippen molar-refractivity contribution in [2.45, 2.75) is 11.8 Å². The Kier molecular flexibility index (Phi) is 3.68. The van der Waals surface area contributed by atoms with Gasteiger partial charge in [0.25, 0.3) is 10.0 Å². The molecule has 0 bridgehead atoms. The van der Waals surface area contributed by atoms with Gasteiger partial charge in [-0.15, -0.1) is 0 Å². The van der Waals surface area contributed by atoms with Gasteiger partial charge in [0.05, 0.1) is 10.6 Å². The van der Waals surface area contributed by atoms with Crippen LogP contribution in [0.3, 0.4) is 0 Å². The van der Waals surface area contributed by atoms with Crippen molar-refractivity contribution in [2.24, 2.45) is 4.40 Å². The maximum absolute atomic E-state index is 12.0. The zero-order valence-electron chi connectivity index (χ0n) is 10.00. The average Bonchev–Trinajstić information content (AvgIpc) is 2.34. The van der Waals surface area contributed by atoms with E-state index in [4.69, 9.17) is 11.6 Å². The van der Waals surface area contributed by atoms with E-state index < -0.39 is 10.0 Å². The molecule has 0 saturated carbocycles. The SMILES string of the molecule is CC1=C/C(=N/S(=O)(=O)c2ccc(Cl)cc2)C=CC1=O.